The van der Waals surface area contributed by atoms with Crippen molar-refractivity contribution in [1.29, 1.82) is 0 Å². The van der Waals surface area contributed by atoms with Crippen molar-refractivity contribution in [2.24, 2.45) is 5.41 Å². The SMILES string of the molecule is COc1ccc2ncc(Cl)c(CCCC3(C(=O)O)CCN(CCSc4cccc(C)c4)CC3)c2c1. The molecule has 0 radical (unpaired) electrons. The Kier molecular flexibility index (Phi) is 8.58. The van der Waals surface area contributed by atoms with Gasteiger partial charge in [0.25, 0.3) is 0 Å². The second-order valence-corrected chi connectivity index (χ2v) is 11.0. The minimum atomic E-state index is -0.668. The lowest BCUT2D eigenvalue weighted by molar-refractivity contribution is -0.152. The lowest BCUT2D eigenvalue weighted by Crippen LogP contribution is -2.45. The van der Waals surface area contributed by atoms with Crippen LogP contribution in [0.4, 0.5) is 0 Å². The third-order valence-electron chi connectivity index (χ3n) is 7.15. The Hall–Kier alpha value is -2.28. The van der Waals surface area contributed by atoms with Crippen LogP contribution in [0.2, 0.25) is 5.02 Å². The van der Waals surface area contributed by atoms with Crippen molar-refractivity contribution in [3.05, 3.63) is 64.8 Å². The first-order valence-corrected chi connectivity index (χ1v) is 13.5. The molecular weight excluding hydrogens is 480 g/mol. The third kappa shape index (κ3) is 6.29. The number of aryl methyl sites for hydroxylation is 2. The minimum absolute atomic E-state index is 0.621. The van der Waals surface area contributed by atoms with Crippen LogP contribution in [0.5, 0.6) is 5.75 Å². The number of fused-ring (bicyclic) bond motifs is 1. The number of hydrogen-bond acceptors (Lipinski definition) is 5. The fraction of sp³-hybridized carbons (Fsp3) is 0.429. The first-order valence-electron chi connectivity index (χ1n) is 12.2. The first kappa shape index (κ1) is 25.8. The van der Waals surface area contributed by atoms with Crippen LogP contribution in [-0.2, 0) is 11.2 Å². The summed E-state index contributed by atoms with van der Waals surface area (Å²) in [7, 11) is 1.64. The molecule has 35 heavy (non-hydrogen) atoms. The van der Waals surface area contributed by atoms with Crippen LogP contribution >= 0.6 is 23.4 Å². The van der Waals surface area contributed by atoms with Gasteiger partial charge in [-0.1, -0.05) is 29.3 Å². The number of carboxylic acids is 1. The molecule has 0 amide bonds. The zero-order chi connectivity index (χ0) is 24.8. The molecule has 1 aromatic heterocycles. The van der Waals surface area contributed by atoms with E-state index in [2.05, 4.69) is 41.1 Å². The topological polar surface area (TPSA) is 62.7 Å². The van der Waals surface area contributed by atoms with Gasteiger partial charge >= 0.3 is 5.97 Å². The molecule has 2 aromatic carbocycles. The number of likely N-dealkylation sites (tertiary alicyclic amines) is 1. The molecule has 0 saturated carbocycles. The number of aliphatic carboxylic acids is 1. The summed E-state index contributed by atoms with van der Waals surface area (Å²) < 4.78 is 5.38. The zero-order valence-corrected chi connectivity index (χ0v) is 22.0. The fourth-order valence-electron chi connectivity index (χ4n) is 4.96. The summed E-state index contributed by atoms with van der Waals surface area (Å²) >= 11 is 8.38. The van der Waals surface area contributed by atoms with Gasteiger partial charge in [-0.15, -0.1) is 11.8 Å². The van der Waals surface area contributed by atoms with Crippen LogP contribution in [0.3, 0.4) is 0 Å². The number of methoxy groups -OCH3 is 1. The van der Waals surface area contributed by atoms with E-state index in [1.165, 1.54) is 10.5 Å². The van der Waals surface area contributed by atoms with Crippen LogP contribution in [0.25, 0.3) is 10.9 Å². The number of carbonyl (C=O) groups is 1. The van der Waals surface area contributed by atoms with Crippen molar-refractivity contribution in [3.8, 4) is 5.75 Å². The van der Waals surface area contributed by atoms with E-state index in [0.717, 1.165) is 60.4 Å². The lowest BCUT2D eigenvalue weighted by atomic mass is 9.74. The smallest absolute Gasteiger partial charge is 0.309 e. The molecule has 3 aromatic rings. The molecule has 0 atom stereocenters. The zero-order valence-electron chi connectivity index (χ0n) is 20.4. The molecule has 1 aliphatic heterocycles. The van der Waals surface area contributed by atoms with E-state index in [1.54, 1.807) is 13.3 Å². The molecule has 7 heteroatoms. The van der Waals surface area contributed by atoms with E-state index in [-0.39, 0.29) is 0 Å². The van der Waals surface area contributed by atoms with Crippen LogP contribution < -0.4 is 4.74 Å². The molecule has 2 heterocycles. The van der Waals surface area contributed by atoms with Crippen molar-refractivity contribution < 1.29 is 14.6 Å². The van der Waals surface area contributed by atoms with E-state index in [4.69, 9.17) is 16.3 Å². The van der Waals surface area contributed by atoms with E-state index in [1.807, 2.05) is 30.0 Å². The number of thioether (sulfide) groups is 1. The van der Waals surface area contributed by atoms with Gasteiger partial charge in [-0.3, -0.25) is 9.78 Å². The van der Waals surface area contributed by atoms with Gasteiger partial charge in [0.2, 0.25) is 0 Å². The molecular formula is C28H33ClN2O3S. The van der Waals surface area contributed by atoms with E-state index in [0.29, 0.717) is 24.3 Å². The summed E-state index contributed by atoms with van der Waals surface area (Å²) in [5.74, 6) is 1.11. The molecule has 4 rings (SSSR count). The van der Waals surface area contributed by atoms with Crippen molar-refractivity contribution in [3.63, 3.8) is 0 Å². The quantitative estimate of drug-likeness (QED) is 0.313. The Bertz CT molecular complexity index is 1180. The number of piperidine rings is 1. The predicted octanol–water partition coefficient (Wildman–Crippen LogP) is 6.49. The number of carboxylic acid groups (broad SMARTS) is 1. The number of nitrogens with zero attached hydrogens (tertiary/aromatic N) is 2. The van der Waals surface area contributed by atoms with Gasteiger partial charge in [0.1, 0.15) is 5.75 Å². The highest BCUT2D eigenvalue weighted by molar-refractivity contribution is 7.99. The van der Waals surface area contributed by atoms with E-state index in [9.17, 15) is 9.90 Å². The Labute approximate surface area is 216 Å². The van der Waals surface area contributed by atoms with Crippen LogP contribution in [0.15, 0.2) is 53.6 Å². The first-order chi connectivity index (χ1) is 16.9. The molecule has 1 fully saturated rings. The number of ether oxygens (including phenoxy) is 1. The summed E-state index contributed by atoms with van der Waals surface area (Å²) in [4.78, 5) is 20.5. The minimum Gasteiger partial charge on any atom is -0.497 e. The van der Waals surface area contributed by atoms with Crippen LogP contribution in [0.1, 0.15) is 36.8 Å². The van der Waals surface area contributed by atoms with Crippen LogP contribution in [0, 0.1) is 12.3 Å². The third-order valence-corrected chi connectivity index (χ3v) is 8.45. The highest BCUT2D eigenvalue weighted by Crippen LogP contribution is 2.38. The molecule has 0 spiro atoms. The van der Waals surface area contributed by atoms with Gasteiger partial charge < -0.3 is 14.7 Å². The molecule has 0 aliphatic carbocycles. The van der Waals surface area contributed by atoms with E-state index >= 15 is 0 Å². The molecule has 5 nitrogen and oxygen atoms in total. The van der Waals surface area contributed by atoms with Gasteiger partial charge in [-0.25, -0.2) is 0 Å². The molecule has 0 unspecified atom stereocenters. The van der Waals surface area contributed by atoms with Crippen molar-refractivity contribution >= 4 is 40.2 Å². The summed E-state index contributed by atoms with van der Waals surface area (Å²) in [6.07, 6.45) is 5.21. The highest BCUT2D eigenvalue weighted by atomic mass is 35.5. The Morgan fingerprint density at radius 3 is 2.74 bits per heavy atom. The molecule has 0 bridgehead atoms. The maximum absolute atomic E-state index is 12.3. The monoisotopic (exact) mass is 512 g/mol. The number of hydrogen-bond donors (Lipinski definition) is 1. The van der Waals surface area contributed by atoms with Crippen molar-refractivity contribution in [2.45, 2.75) is 43.9 Å². The Morgan fingerprint density at radius 2 is 2.03 bits per heavy atom. The van der Waals surface area contributed by atoms with Crippen molar-refractivity contribution in [2.75, 3.05) is 32.5 Å². The second kappa shape index (κ2) is 11.6. The van der Waals surface area contributed by atoms with E-state index < -0.39 is 11.4 Å². The summed E-state index contributed by atoms with van der Waals surface area (Å²) in [5.41, 5.74) is 2.50. The maximum atomic E-state index is 12.3. The normalized spacial score (nSPS) is 15.9. The van der Waals surface area contributed by atoms with Gasteiger partial charge in [-0.05, 0) is 88.0 Å². The fourth-order valence-corrected chi connectivity index (χ4v) is 6.23. The largest absolute Gasteiger partial charge is 0.497 e. The Balaban J connectivity index is 1.33. The Morgan fingerprint density at radius 1 is 1.23 bits per heavy atom. The van der Waals surface area contributed by atoms with Crippen molar-refractivity contribution in [1.82, 2.24) is 9.88 Å². The van der Waals surface area contributed by atoms with Gasteiger partial charge in [-0.2, -0.15) is 0 Å². The molecule has 1 saturated heterocycles. The van der Waals surface area contributed by atoms with Crippen LogP contribution in [-0.4, -0.2) is 53.5 Å². The average molecular weight is 513 g/mol. The highest BCUT2D eigenvalue weighted by Gasteiger charge is 2.40. The number of halogens is 1. The number of aromatic nitrogens is 1. The summed E-state index contributed by atoms with van der Waals surface area (Å²) in [6.45, 7) is 4.75. The molecule has 1 aliphatic rings. The average Bonchev–Trinajstić information content (AvgIpc) is 2.86. The molecule has 186 valence electrons. The predicted molar refractivity (Wildman–Crippen MR) is 144 cm³/mol. The number of rotatable bonds is 10. The second-order valence-electron chi connectivity index (χ2n) is 9.41. The number of pyridine rings is 1. The molecule has 1 N–H and O–H groups in total. The standard InChI is InChI=1S/C28H33ClN2O3S/c1-20-5-3-6-22(17-20)35-16-15-31-13-11-28(12-14-31,27(32)33)10-4-7-23-24-18-21(34-2)8-9-26(24)30-19-25(23)29/h3,5-6,8-9,17-19H,4,7,10-16H2,1-2H3,(H,32,33). The summed E-state index contributed by atoms with van der Waals surface area (Å²) in [5, 5.41) is 11.7. The number of benzene rings is 2. The lowest BCUT2D eigenvalue weighted by Gasteiger charge is -2.39. The van der Waals surface area contributed by atoms with Gasteiger partial charge in [0.05, 0.1) is 23.1 Å². The van der Waals surface area contributed by atoms with Gasteiger partial charge in [0, 0.05) is 28.8 Å². The maximum Gasteiger partial charge on any atom is 0.309 e. The summed E-state index contributed by atoms with van der Waals surface area (Å²) in [6, 6.07) is 14.4. The van der Waals surface area contributed by atoms with Gasteiger partial charge in [0.15, 0.2) is 0 Å².